The number of hydrogen-bond acceptors (Lipinski definition) is 1. The van der Waals surface area contributed by atoms with Gasteiger partial charge in [0, 0.05) is 20.1 Å². The number of hydrogen-bond donors (Lipinski definition) is 2. The van der Waals surface area contributed by atoms with Crippen molar-refractivity contribution in [2.75, 3.05) is 20.1 Å². The van der Waals surface area contributed by atoms with Crippen LogP contribution in [0.1, 0.15) is 37.3 Å². The van der Waals surface area contributed by atoms with E-state index in [4.69, 9.17) is 0 Å². The molecule has 1 aromatic rings. The molecule has 0 aliphatic carbocycles. The van der Waals surface area contributed by atoms with Crippen LogP contribution in [0.5, 0.6) is 0 Å². The van der Waals surface area contributed by atoms with Crippen molar-refractivity contribution in [1.29, 1.82) is 0 Å². The van der Waals surface area contributed by atoms with Gasteiger partial charge in [0.1, 0.15) is 0 Å². The number of nitrogens with one attached hydrogen (secondary N) is 2. The molecular weight excluding hydrogens is 246 g/mol. The average molecular weight is 273 g/mol. The third-order valence-electron chi connectivity index (χ3n) is 3.28. The van der Waals surface area contributed by atoms with E-state index in [0.29, 0.717) is 5.92 Å². The minimum Gasteiger partial charge on any atom is -0.356 e. The summed E-state index contributed by atoms with van der Waals surface area (Å²) in [5, 5.41) is 6.68. The lowest BCUT2D eigenvalue weighted by Crippen LogP contribution is -2.39. The molecule has 1 unspecified atom stereocenters. The normalized spacial score (nSPS) is 13.5. The van der Waals surface area contributed by atoms with Gasteiger partial charge in [-0.25, -0.2) is 0 Å². The predicted octanol–water partition coefficient (Wildman–Crippen LogP) is 3.23. The Bertz CT molecular complexity index is 432. The number of aliphatic imine (C=N–C) groups is 1. The van der Waals surface area contributed by atoms with Crippen LogP contribution < -0.4 is 10.6 Å². The molecule has 0 fully saturated rings. The Labute approximate surface area is 123 Å². The summed E-state index contributed by atoms with van der Waals surface area (Å²) in [4.78, 5) is 4.24. The summed E-state index contributed by atoms with van der Waals surface area (Å²) in [5.41, 5.74) is 2.66. The smallest absolute Gasteiger partial charge is 0.191 e. The average Bonchev–Trinajstić information content (AvgIpc) is 2.47. The first-order chi connectivity index (χ1) is 9.67. The van der Waals surface area contributed by atoms with Gasteiger partial charge in [-0.3, -0.25) is 4.99 Å². The Hall–Kier alpha value is -1.77. The fraction of sp³-hybridized carbons (Fsp3) is 0.471. The molecule has 20 heavy (non-hydrogen) atoms. The van der Waals surface area contributed by atoms with Gasteiger partial charge in [0.2, 0.25) is 0 Å². The molecular formula is C17H27N3. The second-order valence-electron chi connectivity index (χ2n) is 5.05. The van der Waals surface area contributed by atoms with E-state index < -0.39 is 0 Å². The maximum atomic E-state index is 4.24. The molecule has 0 aliphatic rings. The largest absolute Gasteiger partial charge is 0.356 e. The van der Waals surface area contributed by atoms with Gasteiger partial charge in [0.05, 0.1) is 0 Å². The molecule has 1 rings (SSSR count). The Balaban J connectivity index is 2.38. The van der Waals surface area contributed by atoms with Gasteiger partial charge in [0.25, 0.3) is 0 Å². The van der Waals surface area contributed by atoms with Crippen molar-refractivity contribution in [3.8, 4) is 0 Å². The molecule has 0 saturated heterocycles. The van der Waals surface area contributed by atoms with Crippen LogP contribution in [-0.2, 0) is 0 Å². The second kappa shape index (κ2) is 9.18. The van der Waals surface area contributed by atoms with Crippen LogP contribution >= 0.6 is 0 Å². The summed E-state index contributed by atoms with van der Waals surface area (Å²) in [6.07, 6.45) is 5.23. The van der Waals surface area contributed by atoms with Gasteiger partial charge in [0.15, 0.2) is 5.96 Å². The molecule has 110 valence electrons. The quantitative estimate of drug-likeness (QED) is 0.361. The monoisotopic (exact) mass is 273 g/mol. The molecule has 0 spiro atoms. The standard InChI is InChI=1S/C17H27N3/c1-5-6-7-12-19-17(18-4)20-13-15(3)16-10-8-14(2)9-11-16/h5-6,8-11,15H,7,12-13H2,1-4H3,(H2,18,19,20)/b6-5+. The maximum absolute atomic E-state index is 4.24. The summed E-state index contributed by atoms with van der Waals surface area (Å²) in [6.45, 7) is 8.17. The Morgan fingerprint density at radius 2 is 1.95 bits per heavy atom. The van der Waals surface area contributed by atoms with Crippen LogP contribution in [-0.4, -0.2) is 26.1 Å². The molecule has 1 aromatic carbocycles. The van der Waals surface area contributed by atoms with Crippen LogP contribution in [0.2, 0.25) is 0 Å². The summed E-state index contributed by atoms with van der Waals surface area (Å²) in [6, 6.07) is 8.72. The highest BCUT2D eigenvalue weighted by atomic mass is 15.2. The Kier molecular flexibility index (Phi) is 7.48. The van der Waals surface area contributed by atoms with Crippen molar-refractivity contribution in [3.63, 3.8) is 0 Å². The van der Waals surface area contributed by atoms with Crippen LogP contribution in [0.15, 0.2) is 41.4 Å². The molecule has 0 aliphatic heterocycles. The number of aryl methyl sites for hydroxylation is 1. The van der Waals surface area contributed by atoms with Crippen molar-refractivity contribution in [3.05, 3.63) is 47.5 Å². The van der Waals surface area contributed by atoms with E-state index in [0.717, 1.165) is 25.5 Å². The molecule has 3 nitrogen and oxygen atoms in total. The third kappa shape index (κ3) is 5.91. The lowest BCUT2D eigenvalue weighted by Gasteiger charge is -2.16. The molecule has 0 radical (unpaired) electrons. The summed E-state index contributed by atoms with van der Waals surface area (Å²) in [7, 11) is 1.81. The summed E-state index contributed by atoms with van der Waals surface area (Å²) in [5.74, 6) is 1.33. The zero-order valence-electron chi connectivity index (χ0n) is 13.1. The zero-order chi connectivity index (χ0) is 14.8. The van der Waals surface area contributed by atoms with E-state index in [1.54, 1.807) is 0 Å². The third-order valence-corrected chi connectivity index (χ3v) is 3.28. The maximum Gasteiger partial charge on any atom is 0.191 e. The first-order valence-electron chi connectivity index (χ1n) is 7.29. The van der Waals surface area contributed by atoms with Crippen LogP contribution in [0.3, 0.4) is 0 Å². The minimum atomic E-state index is 0.463. The molecule has 3 heteroatoms. The van der Waals surface area contributed by atoms with E-state index in [9.17, 15) is 0 Å². The number of nitrogens with zero attached hydrogens (tertiary/aromatic N) is 1. The van der Waals surface area contributed by atoms with Crippen molar-refractivity contribution in [2.24, 2.45) is 4.99 Å². The first-order valence-corrected chi connectivity index (χ1v) is 7.29. The van der Waals surface area contributed by atoms with Gasteiger partial charge < -0.3 is 10.6 Å². The van der Waals surface area contributed by atoms with Crippen molar-refractivity contribution < 1.29 is 0 Å². The number of rotatable bonds is 6. The molecule has 2 N–H and O–H groups in total. The van der Waals surface area contributed by atoms with Gasteiger partial charge in [-0.15, -0.1) is 0 Å². The lowest BCUT2D eigenvalue weighted by atomic mass is 10.0. The molecule has 0 aromatic heterocycles. The SMILES string of the molecule is C/C=C/CCNC(=NC)NCC(C)c1ccc(C)cc1. The van der Waals surface area contributed by atoms with Gasteiger partial charge in [-0.05, 0) is 31.7 Å². The van der Waals surface area contributed by atoms with Gasteiger partial charge in [-0.2, -0.15) is 0 Å². The fourth-order valence-corrected chi connectivity index (χ4v) is 1.92. The van der Waals surface area contributed by atoms with Crippen LogP contribution in [0, 0.1) is 6.92 Å². The highest BCUT2D eigenvalue weighted by Crippen LogP contribution is 2.14. The van der Waals surface area contributed by atoms with E-state index in [1.165, 1.54) is 11.1 Å². The predicted molar refractivity (Wildman–Crippen MR) is 88.4 cm³/mol. The van der Waals surface area contributed by atoms with Crippen LogP contribution in [0.25, 0.3) is 0 Å². The first kappa shape index (κ1) is 16.3. The Morgan fingerprint density at radius 1 is 1.25 bits per heavy atom. The molecule has 0 bridgehead atoms. The highest BCUT2D eigenvalue weighted by Gasteiger charge is 2.06. The minimum absolute atomic E-state index is 0.463. The van der Waals surface area contributed by atoms with E-state index in [2.05, 4.69) is 65.9 Å². The van der Waals surface area contributed by atoms with Gasteiger partial charge in [-0.1, -0.05) is 48.9 Å². The summed E-state index contributed by atoms with van der Waals surface area (Å²) < 4.78 is 0. The molecule has 1 atom stereocenters. The van der Waals surface area contributed by atoms with E-state index in [-0.39, 0.29) is 0 Å². The fourth-order valence-electron chi connectivity index (χ4n) is 1.92. The van der Waals surface area contributed by atoms with E-state index in [1.807, 2.05) is 14.0 Å². The number of guanidine groups is 1. The van der Waals surface area contributed by atoms with Crippen molar-refractivity contribution in [2.45, 2.75) is 33.1 Å². The van der Waals surface area contributed by atoms with Crippen molar-refractivity contribution in [1.82, 2.24) is 10.6 Å². The highest BCUT2D eigenvalue weighted by molar-refractivity contribution is 5.79. The molecule has 0 heterocycles. The lowest BCUT2D eigenvalue weighted by molar-refractivity contribution is 0.699. The topological polar surface area (TPSA) is 36.4 Å². The molecule has 0 saturated carbocycles. The number of allylic oxidation sites excluding steroid dienone is 1. The van der Waals surface area contributed by atoms with Crippen molar-refractivity contribution >= 4 is 5.96 Å². The Morgan fingerprint density at radius 3 is 2.55 bits per heavy atom. The number of benzene rings is 1. The zero-order valence-corrected chi connectivity index (χ0v) is 13.1. The van der Waals surface area contributed by atoms with Crippen LogP contribution in [0.4, 0.5) is 0 Å². The summed E-state index contributed by atoms with van der Waals surface area (Å²) >= 11 is 0. The van der Waals surface area contributed by atoms with Gasteiger partial charge >= 0.3 is 0 Å². The van der Waals surface area contributed by atoms with E-state index >= 15 is 0 Å². The molecule has 0 amide bonds. The second-order valence-corrected chi connectivity index (χ2v) is 5.05.